The lowest BCUT2D eigenvalue weighted by Gasteiger charge is -2.14. The van der Waals surface area contributed by atoms with Crippen molar-refractivity contribution in [2.24, 2.45) is 0 Å². The smallest absolute Gasteiger partial charge is 0.241 e. The standard InChI is InChI=1S/C13H19NO3S/c1-3-10-4-5-12(8-11(10)9-15)18(16,17)14-13(2)6-7-13/h4-5,8,14-15H,3,6-7,9H2,1-2H3. The molecule has 1 aromatic carbocycles. The molecule has 5 heteroatoms. The van der Waals surface area contributed by atoms with E-state index in [1.54, 1.807) is 18.2 Å². The SMILES string of the molecule is CCc1ccc(S(=O)(=O)NC2(C)CC2)cc1CO. The van der Waals surface area contributed by atoms with Crippen molar-refractivity contribution in [3.63, 3.8) is 0 Å². The van der Waals surface area contributed by atoms with Gasteiger partial charge in [-0.25, -0.2) is 13.1 Å². The summed E-state index contributed by atoms with van der Waals surface area (Å²) in [5.74, 6) is 0. The fraction of sp³-hybridized carbons (Fsp3) is 0.538. The average Bonchev–Trinajstić information content (AvgIpc) is 3.04. The van der Waals surface area contributed by atoms with Gasteiger partial charge in [-0.15, -0.1) is 0 Å². The molecule has 1 fully saturated rings. The van der Waals surface area contributed by atoms with Crippen molar-refractivity contribution in [2.45, 2.75) is 50.2 Å². The summed E-state index contributed by atoms with van der Waals surface area (Å²) in [6.45, 7) is 3.74. The van der Waals surface area contributed by atoms with Crippen molar-refractivity contribution in [3.8, 4) is 0 Å². The molecule has 0 radical (unpaired) electrons. The van der Waals surface area contributed by atoms with E-state index < -0.39 is 10.0 Å². The Labute approximate surface area is 108 Å². The van der Waals surface area contributed by atoms with Gasteiger partial charge in [0, 0.05) is 5.54 Å². The number of nitrogens with one attached hydrogen (secondary N) is 1. The molecule has 18 heavy (non-hydrogen) atoms. The molecule has 0 aromatic heterocycles. The highest BCUT2D eigenvalue weighted by Crippen LogP contribution is 2.36. The second-order valence-corrected chi connectivity index (χ2v) is 6.79. The number of aryl methyl sites for hydroxylation is 1. The van der Waals surface area contributed by atoms with Crippen LogP contribution in [0.3, 0.4) is 0 Å². The summed E-state index contributed by atoms with van der Waals surface area (Å²) in [6, 6.07) is 4.94. The maximum atomic E-state index is 12.2. The molecule has 1 aliphatic carbocycles. The summed E-state index contributed by atoms with van der Waals surface area (Å²) in [5, 5.41) is 9.27. The summed E-state index contributed by atoms with van der Waals surface area (Å²) in [4.78, 5) is 0.233. The largest absolute Gasteiger partial charge is 0.392 e. The Morgan fingerprint density at radius 2 is 2.00 bits per heavy atom. The zero-order valence-electron chi connectivity index (χ0n) is 10.7. The number of hydrogen-bond donors (Lipinski definition) is 2. The molecule has 0 spiro atoms. The number of benzene rings is 1. The van der Waals surface area contributed by atoms with Crippen molar-refractivity contribution in [1.29, 1.82) is 0 Å². The second kappa shape index (κ2) is 4.64. The number of hydrogen-bond acceptors (Lipinski definition) is 3. The van der Waals surface area contributed by atoms with Crippen LogP contribution in [-0.4, -0.2) is 19.1 Å². The second-order valence-electron chi connectivity index (χ2n) is 5.11. The molecule has 100 valence electrons. The van der Waals surface area contributed by atoms with E-state index in [9.17, 15) is 13.5 Å². The van der Waals surface area contributed by atoms with Crippen LogP contribution in [-0.2, 0) is 23.1 Å². The van der Waals surface area contributed by atoms with Crippen LogP contribution in [0.1, 0.15) is 37.8 Å². The third-order valence-electron chi connectivity index (χ3n) is 3.42. The topological polar surface area (TPSA) is 66.4 Å². The van der Waals surface area contributed by atoms with E-state index in [0.717, 1.165) is 24.8 Å². The van der Waals surface area contributed by atoms with Crippen molar-refractivity contribution >= 4 is 10.0 Å². The Morgan fingerprint density at radius 1 is 1.33 bits per heavy atom. The summed E-state index contributed by atoms with van der Waals surface area (Å²) < 4.78 is 27.0. The first kappa shape index (κ1) is 13.5. The van der Waals surface area contributed by atoms with Gasteiger partial charge in [-0.1, -0.05) is 13.0 Å². The van der Waals surface area contributed by atoms with Crippen LogP contribution in [0.5, 0.6) is 0 Å². The zero-order valence-corrected chi connectivity index (χ0v) is 11.5. The Morgan fingerprint density at radius 3 is 2.50 bits per heavy atom. The minimum absolute atomic E-state index is 0.135. The summed E-state index contributed by atoms with van der Waals surface area (Å²) >= 11 is 0. The van der Waals surface area contributed by atoms with Crippen LogP contribution in [0.15, 0.2) is 23.1 Å². The first-order valence-corrected chi connectivity index (χ1v) is 7.65. The third kappa shape index (κ3) is 2.74. The van der Waals surface area contributed by atoms with E-state index in [1.165, 1.54) is 0 Å². The monoisotopic (exact) mass is 269 g/mol. The minimum atomic E-state index is -3.47. The van der Waals surface area contributed by atoms with Gasteiger partial charge in [-0.2, -0.15) is 0 Å². The van der Waals surface area contributed by atoms with Crippen LogP contribution >= 0.6 is 0 Å². The fourth-order valence-corrected chi connectivity index (χ4v) is 3.45. The maximum absolute atomic E-state index is 12.2. The first-order chi connectivity index (χ1) is 8.40. The van der Waals surface area contributed by atoms with Gasteiger partial charge in [0.15, 0.2) is 0 Å². The molecule has 0 saturated heterocycles. The Balaban J connectivity index is 2.32. The minimum Gasteiger partial charge on any atom is -0.392 e. The molecule has 1 aromatic rings. The van der Waals surface area contributed by atoms with Crippen LogP contribution in [0, 0.1) is 0 Å². The number of aliphatic hydroxyl groups is 1. The summed E-state index contributed by atoms with van der Waals surface area (Å²) in [6.07, 6.45) is 2.54. The van der Waals surface area contributed by atoms with Crippen LogP contribution in [0.4, 0.5) is 0 Å². The predicted molar refractivity (Wildman–Crippen MR) is 69.7 cm³/mol. The zero-order chi connectivity index (χ0) is 13.4. The lowest BCUT2D eigenvalue weighted by molar-refractivity contribution is 0.280. The Hall–Kier alpha value is -0.910. The molecule has 0 heterocycles. The third-order valence-corrected chi connectivity index (χ3v) is 5.06. The van der Waals surface area contributed by atoms with Crippen molar-refractivity contribution < 1.29 is 13.5 Å². The number of sulfonamides is 1. The van der Waals surface area contributed by atoms with Gasteiger partial charge in [-0.3, -0.25) is 0 Å². The van der Waals surface area contributed by atoms with E-state index in [-0.39, 0.29) is 17.0 Å². The van der Waals surface area contributed by atoms with E-state index in [4.69, 9.17) is 0 Å². The van der Waals surface area contributed by atoms with Crippen LogP contribution in [0.2, 0.25) is 0 Å². The molecule has 0 amide bonds. The van der Waals surface area contributed by atoms with Gasteiger partial charge in [0.2, 0.25) is 10.0 Å². The van der Waals surface area contributed by atoms with Crippen molar-refractivity contribution in [1.82, 2.24) is 4.72 Å². The predicted octanol–water partition coefficient (Wildman–Crippen LogP) is 1.57. The van der Waals surface area contributed by atoms with Gasteiger partial charge in [0.1, 0.15) is 0 Å². The molecule has 2 N–H and O–H groups in total. The van der Waals surface area contributed by atoms with Gasteiger partial charge >= 0.3 is 0 Å². The Kier molecular flexibility index (Phi) is 3.49. The van der Waals surface area contributed by atoms with E-state index in [2.05, 4.69) is 4.72 Å². The van der Waals surface area contributed by atoms with E-state index in [1.807, 2.05) is 13.8 Å². The normalized spacial score (nSPS) is 17.7. The molecule has 0 atom stereocenters. The molecule has 4 nitrogen and oxygen atoms in total. The molecule has 0 aliphatic heterocycles. The van der Waals surface area contributed by atoms with Crippen LogP contribution in [0.25, 0.3) is 0 Å². The van der Waals surface area contributed by atoms with E-state index in [0.29, 0.717) is 5.56 Å². The summed E-state index contributed by atoms with van der Waals surface area (Å²) in [5.41, 5.74) is 1.39. The van der Waals surface area contributed by atoms with E-state index >= 15 is 0 Å². The average molecular weight is 269 g/mol. The molecule has 0 bridgehead atoms. The van der Waals surface area contributed by atoms with Crippen molar-refractivity contribution in [2.75, 3.05) is 0 Å². The maximum Gasteiger partial charge on any atom is 0.241 e. The molecule has 2 rings (SSSR count). The number of rotatable bonds is 5. The van der Waals surface area contributed by atoms with Gasteiger partial charge in [-0.05, 0) is 49.4 Å². The fourth-order valence-electron chi connectivity index (χ4n) is 1.93. The Bertz CT molecular complexity index is 547. The van der Waals surface area contributed by atoms with Gasteiger partial charge < -0.3 is 5.11 Å². The molecule has 0 unspecified atom stereocenters. The highest BCUT2D eigenvalue weighted by Gasteiger charge is 2.41. The van der Waals surface area contributed by atoms with Crippen LogP contribution < -0.4 is 4.72 Å². The highest BCUT2D eigenvalue weighted by molar-refractivity contribution is 7.89. The lowest BCUT2D eigenvalue weighted by Crippen LogP contribution is -2.34. The summed E-state index contributed by atoms with van der Waals surface area (Å²) in [7, 11) is -3.47. The highest BCUT2D eigenvalue weighted by atomic mass is 32.2. The lowest BCUT2D eigenvalue weighted by atomic mass is 10.1. The van der Waals surface area contributed by atoms with Crippen molar-refractivity contribution in [3.05, 3.63) is 29.3 Å². The number of aliphatic hydroxyl groups excluding tert-OH is 1. The quantitative estimate of drug-likeness (QED) is 0.852. The van der Waals surface area contributed by atoms with Gasteiger partial charge in [0.25, 0.3) is 0 Å². The molecule has 1 aliphatic rings. The van der Waals surface area contributed by atoms with Gasteiger partial charge in [0.05, 0.1) is 11.5 Å². The molecular formula is C13H19NO3S. The molecule has 1 saturated carbocycles. The first-order valence-electron chi connectivity index (χ1n) is 6.17. The molecular weight excluding hydrogens is 250 g/mol.